The number of carbonyl (C=O) groups is 2. The van der Waals surface area contributed by atoms with Crippen LogP contribution in [0.3, 0.4) is 0 Å². The standard InChI is InChI=1S/C20H43NO2.C2H2O4/c1-3-5-7-9-11-13-17-22-19-15-21-16-20-23-18-14-12-10-8-6-4-2;3-1(4)2(5)6/h21H,3-20H2,1-2H3;(H,3,4)(H,5,6). The first-order valence-electron chi connectivity index (χ1n) is 11.4. The van der Waals surface area contributed by atoms with Crippen LogP contribution in [0.1, 0.15) is 90.9 Å². The second kappa shape index (κ2) is 26.8. The van der Waals surface area contributed by atoms with Crippen molar-refractivity contribution in [1.82, 2.24) is 5.32 Å². The SMILES string of the molecule is CCCCCCCCOCCNCCOCCCCCCCC.O=C(O)C(=O)O. The van der Waals surface area contributed by atoms with E-state index >= 15 is 0 Å². The van der Waals surface area contributed by atoms with Crippen molar-refractivity contribution >= 4 is 11.9 Å². The van der Waals surface area contributed by atoms with Crippen LogP contribution in [0.15, 0.2) is 0 Å². The van der Waals surface area contributed by atoms with Crippen LogP contribution >= 0.6 is 0 Å². The molecule has 0 fully saturated rings. The Hall–Kier alpha value is -1.18. The number of carboxylic acid groups (broad SMARTS) is 2. The summed E-state index contributed by atoms with van der Waals surface area (Å²) < 4.78 is 11.3. The van der Waals surface area contributed by atoms with Gasteiger partial charge >= 0.3 is 11.9 Å². The van der Waals surface area contributed by atoms with Gasteiger partial charge in [-0.3, -0.25) is 0 Å². The van der Waals surface area contributed by atoms with Crippen molar-refractivity contribution in [2.24, 2.45) is 0 Å². The van der Waals surface area contributed by atoms with E-state index in [4.69, 9.17) is 29.3 Å². The van der Waals surface area contributed by atoms with Gasteiger partial charge in [-0.2, -0.15) is 0 Å². The van der Waals surface area contributed by atoms with E-state index < -0.39 is 11.9 Å². The lowest BCUT2D eigenvalue weighted by Crippen LogP contribution is -2.24. The van der Waals surface area contributed by atoms with Gasteiger partial charge in [0.15, 0.2) is 0 Å². The molecule has 0 aliphatic rings. The van der Waals surface area contributed by atoms with Gasteiger partial charge in [0, 0.05) is 26.3 Å². The van der Waals surface area contributed by atoms with Gasteiger partial charge < -0.3 is 25.0 Å². The van der Waals surface area contributed by atoms with E-state index in [1.54, 1.807) is 0 Å². The van der Waals surface area contributed by atoms with Crippen LogP contribution in [0.4, 0.5) is 0 Å². The smallest absolute Gasteiger partial charge is 0.414 e. The maximum Gasteiger partial charge on any atom is 0.414 e. The van der Waals surface area contributed by atoms with E-state index in [-0.39, 0.29) is 0 Å². The zero-order chi connectivity index (χ0) is 22.0. The van der Waals surface area contributed by atoms with E-state index in [1.807, 2.05) is 0 Å². The van der Waals surface area contributed by atoms with Crippen molar-refractivity contribution in [3.05, 3.63) is 0 Å². The van der Waals surface area contributed by atoms with Crippen LogP contribution in [-0.2, 0) is 19.1 Å². The largest absolute Gasteiger partial charge is 0.473 e. The molecule has 0 radical (unpaired) electrons. The quantitative estimate of drug-likeness (QED) is 0.197. The first-order chi connectivity index (χ1) is 14.1. The predicted molar refractivity (Wildman–Crippen MR) is 117 cm³/mol. The Bertz CT molecular complexity index is 320. The number of rotatable bonds is 20. The predicted octanol–water partition coefficient (Wildman–Crippen LogP) is 4.49. The molecule has 0 atom stereocenters. The van der Waals surface area contributed by atoms with Gasteiger partial charge in [-0.25, -0.2) is 9.59 Å². The molecule has 0 bridgehead atoms. The summed E-state index contributed by atoms with van der Waals surface area (Å²) in [4.78, 5) is 18.2. The molecule has 0 unspecified atom stereocenters. The molecule has 0 saturated heterocycles. The maximum atomic E-state index is 9.10. The summed E-state index contributed by atoms with van der Waals surface area (Å²) in [6.45, 7) is 9.89. The Morgan fingerprint density at radius 3 is 1.28 bits per heavy atom. The second-order valence-corrected chi connectivity index (χ2v) is 7.12. The van der Waals surface area contributed by atoms with Crippen molar-refractivity contribution in [2.45, 2.75) is 90.9 Å². The molecule has 7 heteroatoms. The highest BCUT2D eigenvalue weighted by Crippen LogP contribution is 2.05. The molecular weight excluding hydrogens is 374 g/mol. The van der Waals surface area contributed by atoms with E-state index in [0.717, 1.165) is 39.5 Å². The van der Waals surface area contributed by atoms with Gasteiger partial charge in [0.2, 0.25) is 0 Å². The number of unbranched alkanes of at least 4 members (excludes halogenated alkanes) is 10. The van der Waals surface area contributed by atoms with Gasteiger partial charge in [0.25, 0.3) is 0 Å². The third-order valence-corrected chi connectivity index (χ3v) is 4.31. The normalized spacial score (nSPS) is 10.4. The first-order valence-corrected chi connectivity index (χ1v) is 11.4. The maximum absolute atomic E-state index is 9.10. The minimum Gasteiger partial charge on any atom is -0.473 e. The monoisotopic (exact) mass is 419 g/mol. The molecular formula is C22H45NO6. The number of hydrogen-bond donors (Lipinski definition) is 3. The second-order valence-electron chi connectivity index (χ2n) is 7.12. The third kappa shape index (κ3) is 31.7. The molecule has 0 aromatic carbocycles. The highest BCUT2D eigenvalue weighted by molar-refractivity contribution is 6.27. The number of hydrogen-bond acceptors (Lipinski definition) is 5. The summed E-state index contributed by atoms with van der Waals surface area (Å²) in [5.41, 5.74) is 0. The number of ether oxygens (including phenoxy) is 2. The molecule has 0 amide bonds. The zero-order valence-corrected chi connectivity index (χ0v) is 18.8. The molecule has 0 aliphatic carbocycles. The first kappa shape index (κ1) is 30.0. The molecule has 174 valence electrons. The lowest BCUT2D eigenvalue weighted by atomic mass is 10.1. The zero-order valence-electron chi connectivity index (χ0n) is 18.8. The number of aliphatic carboxylic acids is 2. The summed E-state index contributed by atoms with van der Waals surface area (Å²) in [5, 5.41) is 18.2. The summed E-state index contributed by atoms with van der Waals surface area (Å²) in [6.07, 6.45) is 16.0. The van der Waals surface area contributed by atoms with Gasteiger partial charge in [0.1, 0.15) is 0 Å². The van der Waals surface area contributed by atoms with Crippen molar-refractivity contribution in [3.63, 3.8) is 0 Å². The molecule has 3 N–H and O–H groups in total. The minimum atomic E-state index is -1.82. The van der Waals surface area contributed by atoms with Crippen LogP contribution in [0.2, 0.25) is 0 Å². The summed E-state index contributed by atoms with van der Waals surface area (Å²) in [7, 11) is 0. The van der Waals surface area contributed by atoms with E-state index in [9.17, 15) is 0 Å². The number of nitrogens with one attached hydrogen (secondary N) is 1. The minimum absolute atomic E-state index is 0.826. The fourth-order valence-electron chi connectivity index (χ4n) is 2.59. The third-order valence-electron chi connectivity index (χ3n) is 4.31. The molecule has 0 rings (SSSR count). The molecule has 0 aromatic heterocycles. The van der Waals surface area contributed by atoms with Crippen molar-refractivity contribution < 1.29 is 29.3 Å². The van der Waals surface area contributed by atoms with Crippen LogP contribution < -0.4 is 5.32 Å². The van der Waals surface area contributed by atoms with Gasteiger partial charge in [-0.05, 0) is 12.8 Å². The Balaban J connectivity index is 0. The fourth-order valence-corrected chi connectivity index (χ4v) is 2.59. The summed E-state index contributed by atoms with van der Waals surface area (Å²) >= 11 is 0. The Labute approximate surface area is 177 Å². The van der Waals surface area contributed by atoms with Crippen LogP contribution in [0.25, 0.3) is 0 Å². The molecule has 0 heterocycles. The van der Waals surface area contributed by atoms with Crippen molar-refractivity contribution in [3.8, 4) is 0 Å². The molecule has 0 aliphatic heterocycles. The van der Waals surface area contributed by atoms with Crippen molar-refractivity contribution in [2.75, 3.05) is 39.5 Å². The summed E-state index contributed by atoms with van der Waals surface area (Å²) in [6, 6.07) is 0. The van der Waals surface area contributed by atoms with Crippen LogP contribution in [0, 0.1) is 0 Å². The molecule has 0 saturated carbocycles. The molecule has 29 heavy (non-hydrogen) atoms. The Morgan fingerprint density at radius 1 is 0.586 bits per heavy atom. The van der Waals surface area contributed by atoms with Crippen LogP contribution in [0.5, 0.6) is 0 Å². The molecule has 0 aromatic rings. The van der Waals surface area contributed by atoms with E-state index in [0.29, 0.717) is 0 Å². The average Bonchev–Trinajstić information content (AvgIpc) is 2.70. The van der Waals surface area contributed by atoms with Crippen molar-refractivity contribution in [1.29, 1.82) is 0 Å². The fraction of sp³-hybridized carbons (Fsp3) is 0.909. The van der Waals surface area contributed by atoms with E-state index in [1.165, 1.54) is 77.0 Å². The Kier molecular flexibility index (Phi) is 27.8. The highest BCUT2D eigenvalue weighted by Gasteiger charge is 2.04. The topological polar surface area (TPSA) is 105 Å². The summed E-state index contributed by atoms with van der Waals surface area (Å²) in [5.74, 6) is -3.65. The number of carboxylic acids is 2. The van der Waals surface area contributed by atoms with Crippen LogP contribution in [-0.4, -0.2) is 61.7 Å². The highest BCUT2D eigenvalue weighted by atomic mass is 16.5. The van der Waals surface area contributed by atoms with E-state index in [2.05, 4.69) is 19.2 Å². The lowest BCUT2D eigenvalue weighted by Gasteiger charge is -2.07. The van der Waals surface area contributed by atoms with Gasteiger partial charge in [0.05, 0.1) is 13.2 Å². The van der Waals surface area contributed by atoms with Gasteiger partial charge in [-0.1, -0.05) is 78.1 Å². The lowest BCUT2D eigenvalue weighted by molar-refractivity contribution is -0.159. The van der Waals surface area contributed by atoms with Gasteiger partial charge in [-0.15, -0.1) is 0 Å². The molecule has 7 nitrogen and oxygen atoms in total. The Morgan fingerprint density at radius 2 is 0.931 bits per heavy atom. The average molecular weight is 420 g/mol. The molecule has 0 spiro atoms.